The van der Waals surface area contributed by atoms with Gasteiger partial charge in [-0.2, -0.15) is 0 Å². The monoisotopic (exact) mass is 691 g/mol. The molecule has 54 heavy (non-hydrogen) atoms. The molecule has 0 aliphatic heterocycles. The molecule has 9 aromatic rings. The van der Waals surface area contributed by atoms with Crippen molar-refractivity contribution in [1.82, 2.24) is 0 Å². The molecule has 0 radical (unpaired) electrons. The van der Waals surface area contributed by atoms with Crippen molar-refractivity contribution in [2.75, 3.05) is 4.90 Å². The van der Waals surface area contributed by atoms with Crippen molar-refractivity contribution in [3.05, 3.63) is 221 Å². The van der Waals surface area contributed by atoms with Crippen LogP contribution in [0.2, 0.25) is 0 Å². The largest absolute Gasteiger partial charge is 0.456 e. The van der Waals surface area contributed by atoms with Crippen molar-refractivity contribution in [3.63, 3.8) is 0 Å². The van der Waals surface area contributed by atoms with Crippen LogP contribution in [0.4, 0.5) is 17.1 Å². The molecule has 0 bridgehead atoms. The third kappa shape index (κ3) is 4.11. The smallest absolute Gasteiger partial charge is 0.137 e. The fourth-order valence-electron chi connectivity index (χ4n) is 9.84. The van der Waals surface area contributed by atoms with E-state index in [1.165, 1.54) is 55.6 Å². The zero-order chi connectivity index (χ0) is 36.0. The first kappa shape index (κ1) is 30.9. The Morgan fingerprint density at radius 3 is 1.78 bits per heavy atom. The van der Waals surface area contributed by atoms with Gasteiger partial charge in [-0.15, -0.1) is 0 Å². The van der Waals surface area contributed by atoms with E-state index >= 15 is 0 Å². The normalized spacial score (nSPS) is 14.4. The summed E-state index contributed by atoms with van der Waals surface area (Å²) >= 11 is 0. The van der Waals surface area contributed by atoms with E-state index in [-0.39, 0.29) is 5.41 Å². The molecule has 0 saturated heterocycles. The van der Waals surface area contributed by atoms with Crippen molar-refractivity contribution in [2.45, 2.75) is 24.7 Å². The minimum atomic E-state index is -0.508. The van der Waals surface area contributed by atoms with E-state index in [4.69, 9.17) is 4.42 Å². The van der Waals surface area contributed by atoms with Crippen LogP contribution < -0.4 is 4.90 Å². The highest BCUT2D eigenvalue weighted by molar-refractivity contribution is 6.14. The summed E-state index contributed by atoms with van der Waals surface area (Å²) in [6.45, 7) is 4.72. The maximum atomic E-state index is 6.54. The standard InChI is InChI=1S/C52H37NO/c1-51(2)41-24-12-9-21-37(41)38-32-31-36(33-44(38)51)53(46-28-16-30-48-50(46)40-23-11-14-29-47(40)54-48)45-27-15-26-43-49(45)39-22-10-13-25-42(39)52(43,34-17-5-3-6-18-34)35-19-7-4-8-20-35/h3-33H,1-2H3. The number of fused-ring (bicyclic) bond motifs is 9. The predicted octanol–water partition coefficient (Wildman–Crippen LogP) is 13.7. The zero-order valence-corrected chi connectivity index (χ0v) is 30.3. The third-order valence-electron chi connectivity index (χ3n) is 12.1. The molecule has 256 valence electrons. The highest BCUT2D eigenvalue weighted by Gasteiger charge is 2.47. The van der Waals surface area contributed by atoms with Crippen LogP contribution in [0.3, 0.4) is 0 Å². The van der Waals surface area contributed by atoms with Crippen molar-refractivity contribution < 1.29 is 4.42 Å². The van der Waals surface area contributed by atoms with E-state index < -0.39 is 5.41 Å². The van der Waals surface area contributed by atoms with Gasteiger partial charge < -0.3 is 9.32 Å². The Hall–Kier alpha value is -6.64. The maximum absolute atomic E-state index is 6.54. The van der Waals surface area contributed by atoms with Gasteiger partial charge in [0.25, 0.3) is 0 Å². The van der Waals surface area contributed by atoms with Gasteiger partial charge in [-0.05, 0) is 86.5 Å². The SMILES string of the molecule is CC1(C)c2ccccc2-c2ccc(N(c3cccc4c3-c3ccccc3C4(c3ccccc3)c3ccccc3)c3cccc4oc5ccccc5c34)cc21. The summed E-state index contributed by atoms with van der Waals surface area (Å²) in [4.78, 5) is 2.51. The number of nitrogens with zero attached hydrogens (tertiary/aromatic N) is 1. The van der Waals surface area contributed by atoms with Crippen LogP contribution in [0, 0.1) is 0 Å². The molecule has 2 aliphatic carbocycles. The molecule has 2 nitrogen and oxygen atoms in total. The lowest BCUT2D eigenvalue weighted by molar-refractivity contribution is 0.660. The van der Waals surface area contributed by atoms with E-state index in [0.29, 0.717) is 0 Å². The molecular formula is C52H37NO. The first-order valence-corrected chi connectivity index (χ1v) is 18.9. The highest BCUT2D eigenvalue weighted by Crippen LogP contribution is 2.60. The second kappa shape index (κ2) is 11.4. The van der Waals surface area contributed by atoms with Crippen molar-refractivity contribution in [1.29, 1.82) is 0 Å². The topological polar surface area (TPSA) is 16.4 Å². The van der Waals surface area contributed by atoms with E-state index in [1.807, 2.05) is 0 Å². The van der Waals surface area contributed by atoms with E-state index in [2.05, 4.69) is 207 Å². The number of rotatable bonds is 5. The summed E-state index contributed by atoms with van der Waals surface area (Å²) in [5, 5.41) is 2.22. The van der Waals surface area contributed by atoms with E-state index in [9.17, 15) is 0 Å². The van der Waals surface area contributed by atoms with Gasteiger partial charge in [-0.3, -0.25) is 0 Å². The van der Waals surface area contributed by atoms with Gasteiger partial charge >= 0.3 is 0 Å². The molecule has 1 heterocycles. The van der Waals surface area contributed by atoms with Gasteiger partial charge in [0.05, 0.1) is 22.2 Å². The minimum absolute atomic E-state index is 0.150. The van der Waals surface area contributed by atoms with Crippen LogP contribution in [0.25, 0.3) is 44.2 Å². The Balaban J connectivity index is 1.26. The summed E-state index contributed by atoms with van der Waals surface area (Å²) in [6.07, 6.45) is 0. The zero-order valence-electron chi connectivity index (χ0n) is 30.3. The van der Waals surface area contributed by atoms with Gasteiger partial charge in [0.15, 0.2) is 0 Å². The summed E-state index contributed by atoms with van der Waals surface area (Å²) in [5.41, 5.74) is 17.4. The molecule has 1 aromatic heterocycles. The molecule has 0 N–H and O–H groups in total. The summed E-state index contributed by atoms with van der Waals surface area (Å²) in [6, 6.07) is 69.0. The Labute approximate surface area is 315 Å². The van der Waals surface area contributed by atoms with Crippen LogP contribution in [-0.4, -0.2) is 0 Å². The number of anilines is 3. The second-order valence-corrected chi connectivity index (χ2v) is 15.2. The first-order valence-electron chi connectivity index (χ1n) is 18.9. The molecule has 2 aliphatic rings. The summed E-state index contributed by atoms with van der Waals surface area (Å²) < 4.78 is 6.54. The minimum Gasteiger partial charge on any atom is -0.456 e. The fraction of sp³-hybridized carbons (Fsp3) is 0.0769. The van der Waals surface area contributed by atoms with E-state index in [0.717, 1.165) is 39.0 Å². The highest BCUT2D eigenvalue weighted by atomic mass is 16.3. The molecule has 0 spiro atoms. The number of furan rings is 1. The van der Waals surface area contributed by atoms with E-state index in [1.54, 1.807) is 0 Å². The quantitative estimate of drug-likeness (QED) is 0.179. The number of benzene rings is 8. The average Bonchev–Trinajstić information content (AvgIpc) is 3.84. The second-order valence-electron chi connectivity index (χ2n) is 15.2. The Bertz CT molecular complexity index is 2880. The lowest BCUT2D eigenvalue weighted by Crippen LogP contribution is -2.28. The van der Waals surface area contributed by atoms with Crippen molar-refractivity contribution in [2.24, 2.45) is 0 Å². The lowest BCUT2D eigenvalue weighted by Gasteiger charge is -2.34. The molecule has 0 unspecified atom stereocenters. The number of hydrogen-bond acceptors (Lipinski definition) is 2. The molecule has 0 saturated carbocycles. The van der Waals surface area contributed by atoms with Crippen molar-refractivity contribution in [3.8, 4) is 22.3 Å². The fourth-order valence-corrected chi connectivity index (χ4v) is 9.84. The van der Waals surface area contributed by atoms with Crippen LogP contribution in [0.5, 0.6) is 0 Å². The molecule has 0 atom stereocenters. The lowest BCUT2D eigenvalue weighted by atomic mass is 9.68. The molecule has 8 aromatic carbocycles. The van der Waals surface area contributed by atoms with Crippen molar-refractivity contribution >= 4 is 39.0 Å². The van der Waals surface area contributed by atoms with Crippen LogP contribution in [0.15, 0.2) is 192 Å². The van der Waals surface area contributed by atoms with Gasteiger partial charge in [-0.25, -0.2) is 0 Å². The molecule has 2 heteroatoms. The van der Waals surface area contributed by atoms with Crippen LogP contribution in [0.1, 0.15) is 47.2 Å². The average molecular weight is 692 g/mol. The predicted molar refractivity (Wildman–Crippen MR) is 223 cm³/mol. The first-order chi connectivity index (χ1) is 26.6. The summed E-state index contributed by atoms with van der Waals surface area (Å²) in [7, 11) is 0. The Morgan fingerprint density at radius 2 is 1.00 bits per heavy atom. The Morgan fingerprint density at radius 1 is 0.426 bits per heavy atom. The number of hydrogen-bond donors (Lipinski definition) is 0. The third-order valence-corrected chi connectivity index (χ3v) is 12.1. The summed E-state index contributed by atoms with van der Waals surface area (Å²) in [5.74, 6) is 0. The molecule has 0 amide bonds. The maximum Gasteiger partial charge on any atom is 0.137 e. The van der Waals surface area contributed by atoms with Crippen LogP contribution >= 0.6 is 0 Å². The molecule has 0 fully saturated rings. The van der Waals surface area contributed by atoms with Gasteiger partial charge in [0.1, 0.15) is 11.2 Å². The van der Waals surface area contributed by atoms with Gasteiger partial charge in [0.2, 0.25) is 0 Å². The van der Waals surface area contributed by atoms with Crippen LogP contribution in [-0.2, 0) is 10.8 Å². The number of para-hydroxylation sites is 1. The van der Waals surface area contributed by atoms with Gasteiger partial charge in [-0.1, -0.05) is 166 Å². The molecular weight excluding hydrogens is 655 g/mol. The Kier molecular flexibility index (Phi) is 6.55. The van der Waals surface area contributed by atoms with Gasteiger partial charge in [0, 0.05) is 22.1 Å². The molecule has 11 rings (SSSR count).